The summed E-state index contributed by atoms with van der Waals surface area (Å²) in [6.07, 6.45) is 1.74. The Balaban J connectivity index is 1.39. The number of piperazine rings is 1. The molecule has 2 aromatic carbocycles. The van der Waals surface area contributed by atoms with Crippen LogP contribution in [0.2, 0.25) is 0 Å². The maximum Gasteiger partial charge on any atom is 0.253 e. The first-order chi connectivity index (χ1) is 16.5. The summed E-state index contributed by atoms with van der Waals surface area (Å²) >= 11 is 1.74. The summed E-state index contributed by atoms with van der Waals surface area (Å²) in [4.78, 5) is 24.8. The van der Waals surface area contributed by atoms with Crippen molar-refractivity contribution in [2.45, 2.75) is 24.8 Å². The fraction of sp³-hybridized carbons (Fsp3) is 0.346. The third kappa shape index (κ3) is 6.34. The van der Waals surface area contributed by atoms with E-state index in [9.17, 15) is 9.90 Å². The molecule has 0 spiro atoms. The Morgan fingerprint density at radius 2 is 1.97 bits per heavy atom. The van der Waals surface area contributed by atoms with E-state index in [-0.39, 0.29) is 18.4 Å². The van der Waals surface area contributed by atoms with Crippen LogP contribution >= 0.6 is 11.8 Å². The van der Waals surface area contributed by atoms with E-state index >= 15 is 0 Å². The van der Waals surface area contributed by atoms with E-state index in [1.165, 1.54) is 4.90 Å². The van der Waals surface area contributed by atoms with Gasteiger partial charge in [-0.25, -0.2) is 9.97 Å². The molecular weight excluding hydrogens is 446 g/mol. The molecule has 0 bridgehead atoms. The summed E-state index contributed by atoms with van der Waals surface area (Å²) in [5.41, 5.74) is 3.35. The molecule has 1 aromatic heterocycles. The number of thioether (sulfide) groups is 1. The highest BCUT2D eigenvalue weighted by Crippen LogP contribution is 2.25. The molecule has 1 amide bonds. The summed E-state index contributed by atoms with van der Waals surface area (Å²) in [5, 5.41) is 15.8. The molecule has 3 N–H and O–H groups in total. The maximum absolute atomic E-state index is 12.8. The van der Waals surface area contributed by atoms with E-state index in [1.54, 1.807) is 18.0 Å². The van der Waals surface area contributed by atoms with E-state index in [0.29, 0.717) is 17.6 Å². The fourth-order valence-electron chi connectivity index (χ4n) is 3.72. The predicted octanol–water partition coefficient (Wildman–Crippen LogP) is 4.04. The van der Waals surface area contributed by atoms with Crippen LogP contribution in [0.15, 0.2) is 65.7 Å². The summed E-state index contributed by atoms with van der Waals surface area (Å²) in [6.45, 7) is 6.61. The molecular formula is C26H31N5O2S. The van der Waals surface area contributed by atoms with Crippen LogP contribution < -0.4 is 10.6 Å². The minimum absolute atomic E-state index is 0.0607. The first kappa shape index (κ1) is 24.2. The van der Waals surface area contributed by atoms with Crippen molar-refractivity contribution >= 4 is 29.3 Å². The van der Waals surface area contributed by atoms with Crippen LogP contribution in [0.5, 0.6) is 0 Å². The molecule has 3 aromatic rings. The van der Waals surface area contributed by atoms with Gasteiger partial charge in [-0.05, 0) is 55.3 Å². The van der Waals surface area contributed by atoms with Gasteiger partial charge in [-0.3, -0.25) is 4.79 Å². The lowest BCUT2D eigenvalue weighted by atomic mass is 10.1. The lowest BCUT2D eigenvalue weighted by Crippen LogP contribution is -2.51. The summed E-state index contributed by atoms with van der Waals surface area (Å²) in [5.74, 6) is 1.72. The SMILES string of the molecule is CC(CO)CSc1ccc(-c2ccnc(Nc3ccc(C(=O)N4CCNC(C)C4)cc3)n2)cc1. The molecule has 178 valence electrons. The number of nitrogens with zero attached hydrogens (tertiary/aromatic N) is 3. The Hall–Kier alpha value is -2.94. The van der Waals surface area contributed by atoms with Crippen molar-refractivity contribution in [3.05, 3.63) is 66.4 Å². The molecule has 4 rings (SSSR count). The van der Waals surface area contributed by atoms with Crippen molar-refractivity contribution in [1.29, 1.82) is 0 Å². The third-order valence-corrected chi connectivity index (χ3v) is 7.04. The van der Waals surface area contributed by atoms with Crippen LogP contribution in [-0.2, 0) is 0 Å². The number of amides is 1. The van der Waals surface area contributed by atoms with E-state index < -0.39 is 0 Å². The standard InChI is InChI=1S/C26H31N5O2S/c1-18(16-32)17-34-23-9-5-20(6-10-23)24-11-12-28-26(30-24)29-22-7-3-21(4-8-22)25(33)31-14-13-27-19(2)15-31/h3-12,18-19,27,32H,13-17H2,1-2H3,(H,28,29,30). The average molecular weight is 478 g/mol. The van der Waals surface area contributed by atoms with Crippen molar-refractivity contribution in [2.75, 3.05) is 37.3 Å². The lowest BCUT2D eigenvalue weighted by molar-refractivity contribution is 0.0709. The van der Waals surface area contributed by atoms with Gasteiger partial charge in [-0.1, -0.05) is 19.1 Å². The third-order valence-electron chi connectivity index (χ3n) is 5.70. The predicted molar refractivity (Wildman–Crippen MR) is 138 cm³/mol. The van der Waals surface area contributed by atoms with Crippen LogP contribution in [0, 0.1) is 5.92 Å². The highest BCUT2D eigenvalue weighted by atomic mass is 32.2. The zero-order valence-electron chi connectivity index (χ0n) is 19.6. The minimum Gasteiger partial charge on any atom is -0.396 e. The Morgan fingerprint density at radius 3 is 2.68 bits per heavy atom. The second kappa shape index (κ2) is 11.5. The van der Waals surface area contributed by atoms with Crippen molar-refractivity contribution < 1.29 is 9.90 Å². The summed E-state index contributed by atoms with van der Waals surface area (Å²) < 4.78 is 0. The smallest absolute Gasteiger partial charge is 0.253 e. The Labute approximate surface area is 205 Å². The van der Waals surface area contributed by atoms with E-state index in [1.807, 2.05) is 42.2 Å². The van der Waals surface area contributed by atoms with Crippen LogP contribution in [-0.4, -0.2) is 63.9 Å². The van der Waals surface area contributed by atoms with Crippen LogP contribution in [0.1, 0.15) is 24.2 Å². The first-order valence-electron chi connectivity index (χ1n) is 11.6. The highest BCUT2D eigenvalue weighted by molar-refractivity contribution is 7.99. The normalized spacial score (nSPS) is 16.8. The number of aliphatic hydroxyl groups is 1. The monoisotopic (exact) mass is 477 g/mol. The van der Waals surface area contributed by atoms with Crippen molar-refractivity contribution in [3.63, 3.8) is 0 Å². The second-order valence-electron chi connectivity index (χ2n) is 8.70. The second-order valence-corrected chi connectivity index (χ2v) is 9.79. The molecule has 2 atom stereocenters. The van der Waals surface area contributed by atoms with Gasteiger partial charge in [0.25, 0.3) is 5.91 Å². The Bertz CT molecular complexity index is 1090. The van der Waals surface area contributed by atoms with Gasteiger partial charge < -0.3 is 20.6 Å². The van der Waals surface area contributed by atoms with Gasteiger partial charge in [0.2, 0.25) is 5.95 Å². The van der Waals surface area contributed by atoms with Gasteiger partial charge in [-0.2, -0.15) is 0 Å². The number of anilines is 2. The minimum atomic E-state index is 0.0607. The highest BCUT2D eigenvalue weighted by Gasteiger charge is 2.21. The molecule has 0 radical (unpaired) electrons. The fourth-order valence-corrected chi connectivity index (χ4v) is 4.63. The number of hydrogen-bond donors (Lipinski definition) is 3. The molecule has 0 aliphatic carbocycles. The van der Waals surface area contributed by atoms with Gasteiger partial charge in [0.05, 0.1) is 5.69 Å². The zero-order valence-corrected chi connectivity index (χ0v) is 20.4. The van der Waals surface area contributed by atoms with E-state index in [4.69, 9.17) is 0 Å². The van der Waals surface area contributed by atoms with Gasteiger partial charge in [0, 0.05) is 65.9 Å². The van der Waals surface area contributed by atoms with E-state index in [2.05, 4.69) is 51.8 Å². The number of carbonyl (C=O) groups is 1. The average Bonchev–Trinajstić information content (AvgIpc) is 2.88. The zero-order chi connectivity index (χ0) is 23.9. The number of benzene rings is 2. The van der Waals surface area contributed by atoms with Crippen LogP contribution in [0.4, 0.5) is 11.6 Å². The van der Waals surface area contributed by atoms with Gasteiger partial charge in [0.1, 0.15) is 0 Å². The van der Waals surface area contributed by atoms with Gasteiger partial charge >= 0.3 is 0 Å². The molecule has 2 unspecified atom stereocenters. The van der Waals surface area contributed by atoms with Crippen LogP contribution in [0.3, 0.4) is 0 Å². The number of nitrogens with one attached hydrogen (secondary N) is 2. The Morgan fingerprint density at radius 1 is 1.21 bits per heavy atom. The topological polar surface area (TPSA) is 90.4 Å². The van der Waals surface area contributed by atoms with Crippen molar-refractivity contribution in [1.82, 2.24) is 20.2 Å². The van der Waals surface area contributed by atoms with Gasteiger partial charge in [0.15, 0.2) is 0 Å². The molecule has 0 saturated carbocycles. The summed E-state index contributed by atoms with van der Waals surface area (Å²) in [6, 6.07) is 17.9. The number of hydrogen-bond acceptors (Lipinski definition) is 7. The van der Waals surface area contributed by atoms with Gasteiger partial charge in [-0.15, -0.1) is 11.8 Å². The summed E-state index contributed by atoms with van der Waals surface area (Å²) in [7, 11) is 0. The largest absolute Gasteiger partial charge is 0.396 e. The first-order valence-corrected chi connectivity index (χ1v) is 12.6. The molecule has 1 fully saturated rings. The molecule has 1 aliphatic rings. The lowest BCUT2D eigenvalue weighted by Gasteiger charge is -2.32. The Kier molecular flexibility index (Phi) is 8.16. The molecule has 1 aliphatic heterocycles. The molecule has 7 nitrogen and oxygen atoms in total. The molecule has 1 saturated heterocycles. The molecule has 2 heterocycles. The maximum atomic E-state index is 12.8. The van der Waals surface area contributed by atoms with Crippen molar-refractivity contribution in [2.24, 2.45) is 5.92 Å². The van der Waals surface area contributed by atoms with Crippen molar-refractivity contribution in [3.8, 4) is 11.3 Å². The number of aliphatic hydroxyl groups excluding tert-OH is 1. The van der Waals surface area contributed by atoms with E-state index in [0.717, 1.165) is 42.3 Å². The quantitative estimate of drug-likeness (QED) is 0.422. The van der Waals surface area contributed by atoms with Crippen LogP contribution in [0.25, 0.3) is 11.3 Å². The molecule has 34 heavy (non-hydrogen) atoms. The number of rotatable bonds is 8. The molecule has 8 heteroatoms. The number of carbonyl (C=O) groups excluding carboxylic acids is 1. The number of aromatic nitrogens is 2.